The maximum atomic E-state index is 11.8. The van der Waals surface area contributed by atoms with Gasteiger partial charge in [-0.3, -0.25) is 4.79 Å². The van der Waals surface area contributed by atoms with Crippen molar-refractivity contribution in [2.45, 2.75) is 6.42 Å². The third kappa shape index (κ3) is 4.02. The minimum Gasteiger partial charge on any atom is -0.352 e. The van der Waals surface area contributed by atoms with Gasteiger partial charge in [-0.15, -0.1) is 5.10 Å². The van der Waals surface area contributed by atoms with Crippen LogP contribution in [0.15, 0.2) is 73.5 Å². The van der Waals surface area contributed by atoms with Gasteiger partial charge in [0.2, 0.25) is 0 Å². The zero-order valence-electron chi connectivity index (χ0n) is 12.3. The average molecular weight is 294 g/mol. The molecule has 2 aromatic rings. The molecule has 5 nitrogen and oxygen atoms in total. The Balaban J connectivity index is 1.89. The summed E-state index contributed by atoms with van der Waals surface area (Å²) in [5, 5.41) is 11.0. The summed E-state index contributed by atoms with van der Waals surface area (Å²) in [6.45, 7) is 7.65. The van der Waals surface area contributed by atoms with Crippen molar-refractivity contribution in [3.05, 3.63) is 79.2 Å². The van der Waals surface area contributed by atoms with Crippen LogP contribution in [0.25, 0.3) is 5.69 Å². The van der Waals surface area contributed by atoms with Crippen molar-refractivity contribution in [1.29, 1.82) is 0 Å². The van der Waals surface area contributed by atoms with Gasteiger partial charge in [-0.05, 0) is 12.1 Å². The molecule has 0 atom stereocenters. The zero-order chi connectivity index (χ0) is 15.8. The van der Waals surface area contributed by atoms with Crippen molar-refractivity contribution in [1.82, 2.24) is 20.3 Å². The Hall–Kier alpha value is -2.95. The average Bonchev–Trinajstić information content (AvgIpc) is 3.02. The zero-order valence-corrected chi connectivity index (χ0v) is 12.3. The second-order valence-corrected chi connectivity index (χ2v) is 4.56. The molecule has 0 spiro atoms. The molecule has 5 heteroatoms. The van der Waals surface area contributed by atoms with Crippen LogP contribution in [0.5, 0.6) is 0 Å². The minimum atomic E-state index is -0.176. The molecule has 22 heavy (non-hydrogen) atoms. The molecule has 0 aliphatic heterocycles. The molecule has 0 saturated heterocycles. The lowest BCUT2D eigenvalue weighted by Gasteiger charge is -2.03. The number of allylic oxidation sites excluding steroid dienone is 2. The number of hydrogen-bond acceptors (Lipinski definition) is 3. The molecule has 0 fully saturated rings. The van der Waals surface area contributed by atoms with Gasteiger partial charge < -0.3 is 5.32 Å². The highest BCUT2D eigenvalue weighted by Crippen LogP contribution is 2.05. The summed E-state index contributed by atoms with van der Waals surface area (Å²) < 4.78 is 1.71. The lowest BCUT2D eigenvalue weighted by Crippen LogP contribution is -2.26. The van der Waals surface area contributed by atoms with E-state index in [9.17, 15) is 4.79 Å². The van der Waals surface area contributed by atoms with E-state index in [2.05, 4.69) is 28.8 Å². The molecule has 0 bridgehead atoms. The molecule has 2 rings (SSSR count). The third-order valence-electron chi connectivity index (χ3n) is 3.01. The monoisotopic (exact) mass is 294 g/mol. The number of carbonyl (C=O) groups excluding carboxylic acids is 1. The quantitative estimate of drug-likeness (QED) is 0.629. The number of para-hydroxylation sites is 1. The fraction of sp³-hybridized carbons (Fsp3) is 0.118. The third-order valence-corrected chi connectivity index (χ3v) is 3.01. The molecule has 1 aromatic heterocycles. The van der Waals surface area contributed by atoms with Crippen LogP contribution < -0.4 is 5.32 Å². The van der Waals surface area contributed by atoms with Crippen LogP contribution in [-0.2, 0) is 11.2 Å². The van der Waals surface area contributed by atoms with E-state index in [1.807, 2.05) is 36.5 Å². The van der Waals surface area contributed by atoms with Crippen LogP contribution >= 0.6 is 0 Å². The normalized spacial score (nSPS) is 11.0. The Bertz CT molecular complexity index is 686. The van der Waals surface area contributed by atoms with Crippen LogP contribution in [0, 0.1) is 0 Å². The van der Waals surface area contributed by atoms with E-state index in [0.717, 1.165) is 11.4 Å². The first-order valence-corrected chi connectivity index (χ1v) is 6.94. The Kier molecular flexibility index (Phi) is 5.43. The van der Waals surface area contributed by atoms with Crippen molar-refractivity contribution in [3.8, 4) is 5.69 Å². The predicted molar refractivity (Wildman–Crippen MR) is 86.5 cm³/mol. The summed E-state index contributed by atoms with van der Waals surface area (Å²) in [4.78, 5) is 11.8. The molecule has 1 heterocycles. The fourth-order valence-corrected chi connectivity index (χ4v) is 1.89. The number of nitrogens with one attached hydrogen (secondary N) is 1. The number of nitrogens with zero attached hydrogens (tertiary/aromatic N) is 3. The van der Waals surface area contributed by atoms with Gasteiger partial charge in [-0.1, -0.05) is 54.8 Å². The van der Waals surface area contributed by atoms with Gasteiger partial charge >= 0.3 is 0 Å². The molecule has 0 aliphatic carbocycles. The van der Waals surface area contributed by atoms with E-state index in [1.54, 1.807) is 16.8 Å². The van der Waals surface area contributed by atoms with Gasteiger partial charge in [0.25, 0.3) is 5.91 Å². The molecule has 0 aliphatic rings. The number of amides is 1. The number of hydrogen-bond donors (Lipinski definition) is 1. The first kappa shape index (κ1) is 15.4. The highest BCUT2D eigenvalue weighted by molar-refractivity contribution is 5.96. The molecule has 0 radical (unpaired) electrons. The maximum Gasteiger partial charge on any atom is 0.251 e. The van der Waals surface area contributed by atoms with E-state index < -0.39 is 0 Å². The standard InChI is InChI=1S/C17H18N4O/c1-3-8-14(4-2)17(22)18-12-11-15-13-21(20-19-15)16-9-6-5-7-10-16/h3-10,13H,1-2,11-12H2,(H,18,22)/b14-8+. The molecule has 1 N–H and O–H groups in total. The van der Waals surface area contributed by atoms with Gasteiger partial charge in [0.1, 0.15) is 0 Å². The summed E-state index contributed by atoms with van der Waals surface area (Å²) >= 11 is 0. The van der Waals surface area contributed by atoms with E-state index in [1.165, 1.54) is 6.08 Å². The second kappa shape index (κ2) is 7.73. The van der Waals surface area contributed by atoms with Crippen molar-refractivity contribution < 1.29 is 4.79 Å². The topological polar surface area (TPSA) is 59.8 Å². The summed E-state index contributed by atoms with van der Waals surface area (Å²) in [6, 6.07) is 9.75. The van der Waals surface area contributed by atoms with Gasteiger partial charge in [-0.2, -0.15) is 0 Å². The SMILES string of the molecule is C=C/C=C(\C=C)C(=O)NCCc1cn(-c2ccccc2)nn1. The number of aromatic nitrogens is 3. The van der Waals surface area contributed by atoms with Crippen LogP contribution in [0.1, 0.15) is 5.69 Å². The molecule has 0 unspecified atom stereocenters. The van der Waals surface area contributed by atoms with Crippen LogP contribution in [0.3, 0.4) is 0 Å². The Morgan fingerprint density at radius 1 is 1.27 bits per heavy atom. The van der Waals surface area contributed by atoms with Crippen LogP contribution in [-0.4, -0.2) is 27.4 Å². The van der Waals surface area contributed by atoms with Crippen molar-refractivity contribution in [2.24, 2.45) is 0 Å². The summed E-state index contributed by atoms with van der Waals surface area (Å²) in [5.41, 5.74) is 2.26. The van der Waals surface area contributed by atoms with Gasteiger partial charge in [-0.25, -0.2) is 4.68 Å². The molecule has 112 valence electrons. The lowest BCUT2D eigenvalue weighted by molar-refractivity contribution is -0.117. The van der Waals surface area contributed by atoms with Gasteiger partial charge in [0.15, 0.2) is 0 Å². The van der Waals surface area contributed by atoms with Gasteiger partial charge in [0.05, 0.1) is 17.6 Å². The van der Waals surface area contributed by atoms with E-state index >= 15 is 0 Å². The van der Waals surface area contributed by atoms with E-state index in [4.69, 9.17) is 0 Å². The number of rotatable bonds is 7. The Morgan fingerprint density at radius 3 is 2.73 bits per heavy atom. The fourth-order valence-electron chi connectivity index (χ4n) is 1.89. The largest absolute Gasteiger partial charge is 0.352 e. The van der Waals surface area contributed by atoms with Gasteiger partial charge in [0, 0.05) is 18.5 Å². The minimum absolute atomic E-state index is 0.176. The van der Waals surface area contributed by atoms with Crippen molar-refractivity contribution in [2.75, 3.05) is 6.54 Å². The molecular weight excluding hydrogens is 276 g/mol. The Labute approximate surface area is 129 Å². The summed E-state index contributed by atoms with van der Waals surface area (Å²) in [7, 11) is 0. The van der Waals surface area contributed by atoms with Crippen molar-refractivity contribution >= 4 is 5.91 Å². The van der Waals surface area contributed by atoms with E-state index in [-0.39, 0.29) is 5.91 Å². The molecular formula is C17H18N4O. The maximum absolute atomic E-state index is 11.8. The first-order chi connectivity index (χ1) is 10.7. The lowest BCUT2D eigenvalue weighted by atomic mass is 10.2. The number of benzene rings is 1. The highest BCUT2D eigenvalue weighted by atomic mass is 16.1. The van der Waals surface area contributed by atoms with E-state index in [0.29, 0.717) is 18.5 Å². The second-order valence-electron chi connectivity index (χ2n) is 4.56. The molecule has 1 amide bonds. The Morgan fingerprint density at radius 2 is 2.05 bits per heavy atom. The molecule has 0 saturated carbocycles. The van der Waals surface area contributed by atoms with Crippen molar-refractivity contribution in [3.63, 3.8) is 0 Å². The summed E-state index contributed by atoms with van der Waals surface area (Å²) in [6.07, 6.45) is 7.14. The number of carbonyl (C=O) groups is 1. The highest BCUT2D eigenvalue weighted by Gasteiger charge is 2.06. The first-order valence-electron chi connectivity index (χ1n) is 6.94. The predicted octanol–water partition coefficient (Wildman–Crippen LogP) is 2.22. The summed E-state index contributed by atoms with van der Waals surface area (Å²) in [5.74, 6) is -0.176. The smallest absolute Gasteiger partial charge is 0.251 e. The van der Waals surface area contributed by atoms with Crippen LogP contribution in [0.2, 0.25) is 0 Å². The van der Waals surface area contributed by atoms with Crippen LogP contribution in [0.4, 0.5) is 0 Å². The molecule has 1 aromatic carbocycles.